The van der Waals surface area contributed by atoms with Crippen LogP contribution in [-0.4, -0.2) is 22.6 Å². The summed E-state index contributed by atoms with van der Waals surface area (Å²) in [5.41, 5.74) is 3.82. The molecule has 5 heteroatoms. The molecule has 1 aromatic carbocycles. The van der Waals surface area contributed by atoms with Gasteiger partial charge in [0.15, 0.2) is 5.82 Å². The van der Waals surface area contributed by atoms with Crippen molar-refractivity contribution >= 4 is 11.6 Å². The Morgan fingerprint density at radius 2 is 2.14 bits per heavy atom. The standard InChI is InChI=1S/C16H17N3O2/c1-10-17-16(18-21-10)13-8-15(20)19(9-13)14-6-5-11-3-2-4-12(11)7-14/h5-7,13H,2-4,8-9H2,1H3. The van der Waals surface area contributed by atoms with Crippen molar-refractivity contribution in [1.82, 2.24) is 10.1 Å². The molecular formula is C16H17N3O2. The van der Waals surface area contributed by atoms with Gasteiger partial charge in [0, 0.05) is 31.5 Å². The predicted molar refractivity (Wildman–Crippen MR) is 77.2 cm³/mol. The minimum absolute atomic E-state index is 0.0307. The fourth-order valence-electron chi connectivity index (χ4n) is 3.34. The van der Waals surface area contributed by atoms with Crippen molar-refractivity contribution in [2.75, 3.05) is 11.4 Å². The lowest BCUT2D eigenvalue weighted by Crippen LogP contribution is -2.24. The summed E-state index contributed by atoms with van der Waals surface area (Å²) >= 11 is 0. The second kappa shape index (κ2) is 4.69. The van der Waals surface area contributed by atoms with Crippen LogP contribution in [0.15, 0.2) is 22.7 Å². The number of amides is 1. The molecule has 2 aliphatic rings. The number of benzene rings is 1. The van der Waals surface area contributed by atoms with Gasteiger partial charge in [-0.2, -0.15) is 4.98 Å². The molecule has 0 saturated carbocycles. The number of anilines is 1. The van der Waals surface area contributed by atoms with Gasteiger partial charge in [0.2, 0.25) is 11.8 Å². The van der Waals surface area contributed by atoms with Gasteiger partial charge in [0.1, 0.15) is 0 Å². The third-order valence-corrected chi connectivity index (χ3v) is 4.43. The van der Waals surface area contributed by atoms with E-state index in [0.29, 0.717) is 24.7 Å². The lowest BCUT2D eigenvalue weighted by molar-refractivity contribution is -0.117. The molecule has 0 spiro atoms. The number of hydrogen-bond donors (Lipinski definition) is 0. The van der Waals surface area contributed by atoms with Crippen molar-refractivity contribution in [2.24, 2.45) is 0 Å². The summed E-state index contributed by atoms with van der Waals surface area (Å²) in [6, 6.07) is 6.40. The van der Waals surface area contributed by atoms with Gasteiger partial charge in [-0.15, -0.1) is 0 Å². The summed E-state index contributed by atoms with van der Waals surface area (Å²) in [7, 11) is 0. The van der Waals surface area contributed by atoms with E-state index >= 15 is 0 Å². The summed E-state index contributed by atoms with van der Waals surface area (Å²) in [6.45, 7) is 2.40. The van der Waals surface area contributed by atoms with Gasteiger partial charge in [0.05, 0.1) is 0 Å². The Kier molecular flexibility index (Phi) is 2.80. The molecule has 2 aromatic rings. The van der Waals surface area contributed by atoms with Crippen LogP contribution in [0.25, 0.3) is 0 Å². The minimum Gasteiger partial charge on any atom is -0.340 e. The SMILES string of the molecule is Cc1nc(C2CC(=O)N(c3ccc4c(c3)CCC4)C2)no1. The van der Waals surface area contributed by atoms with Crippen LogP contribution in [0.1, 0.15) is 41.6 Å². The zero-order valence-electron chi connectivity index (χ0n) is 12.0. The molecule has 4 rings (SSSR count). The van der Waals surface area contributed by atoms with Crippen LogP contribution < -0.4 is 4.90 Å². The summed E-state index contributed by atoms with van der Waals surface area (Å²) in [6.07, 6.45) is 3.96. The Morgan fingerprint density at radius 3 is 2.95 bits per heavy atom. The lowest BCUT2D eigenvalue weighted by atomic mass is 10.1. The Morgan fingerprint density at radius 1 is 1.29 bits per heavy atom. The summed E-state index contributed by atoms with van der Waals surface area (Å²) in [4.78, 5) is 18.4. The van der Waals surface area contributed by atoms with Gasteiger partial charge in [-0.25, -0.2) is 0 Å². The average molecular weight is 283 g/mol. The quantitative estimate of drug-likeness (QED) is 0.849. The third kappa shape index (κ3) is 2.13. The summed E-state index contributed by atoms with van der Waals surface area (Å²) in [5.74, 6) is 1.36. The van der Waals surface area contributed by atoms with E-state index < -0.39 is 0 Å². The van der Waals surface area contributed by atoms with E-state index in [0.717, 1.165) is 18.5 Å². The highest BCUT2D eigenvalue weighted by atomic mass is 16.5. The van der Waals surface area contributed by atoms with Gasteiger partial charge >= 0.3 is 0 Å². The van der Waals surface area contributed by atoms with E-state index in [-0.39, 0.29) is 11.8 Å². The molecule has 0 radical (unpaired) electrons. The van der Waals surface area contributed by atoms with Gasteiger partial charge in [-0.3, -0.25) is 4.79 Å². The Balaban J connectivity index is 1.60. The number of nitrogens with zero attached hydrogens (tertiary/aromatic N) is 3. The molecule has 1 amide bonds. The fourth-order valence-corrected chi connectivity index (χ4v) is 3.34. The molecule has 1 aliphatic heterocycles. The minimum atomic E-state index is 0.0307. The maximum absolute atomic E-state index is 12.3. The second-order valence-corrected chi connectivity index (χ2v) is 5.88. The first kappa shape index (κ1) is 12.6. The number of rotatable bonds is 2. The van der Waals surface area contributed by atoms with E-state index in [1.165, 1.54) is 17.5 Å². The topological polar surface area (TPSA) is 59.2 Å². The number of carbonyl (C=O) groups is 1. The van der Waals surface area contributed by atoms with Crippen molar-refractivity contribution in [1.29, 1.82) is 0 Å². The molecule has 1 aromatic heterocycles. The third-order valence-electron chi connectivity index (χ3n) is 4.43. The van der Waals surface area contributed by atoms with Crippen LogP contribution in [0.2, 0.25) is 0 Å². The molecule has 1 aliphatic carbocycles. The molecule has 2 heterocycles. The zero-order chi connectivity index (χ0) is 14.4. The second-order valence-electron chi connectivity index (χ2n) is 5.88. The summed E-state index contributed by atoms with van der Waals surface area (Å²) in [5, 5.41) is 3.95. The highest BCUT2D eigenvalue weighted by Crippen LogP contribution is 2.33. The first-order valence-corrected chi connectivity index (χ1v) is 7.43. The van der Waals surface area contributed by atoms with Crippen molar-refractivity contribution < 1.29 is 9.32 Å². The molecule has 1 fully saturated rings. The number of aryl methyl sites for hydroxylation is 3. The van der Waals surface area contributed by atoms with E-state index in [4.69, 9.17) is 4.52 Å². The smallest absolute Gasteiger partial charge is 0.227 e. The average Bonchev–Trinajstić information content (AvgIpc) is 3.17. The van der Waals surface area contributed by atoms with Gasteiger partial charge < -0.3 is 9.42 Å². The predicted octanol–water partition coefficient (Wildman–Crippen LogP) is 2.39. The molecule has 108 valence electrons. The van der Waals surface area contributed by atoms with Gasteiger partial charge in [-0.05, 0) is 42.5 Å². The van der Waals surface area contributed by atoms with Crippen LogP contribution in [0.3, 0.4) is 0 Å². The highest BCUT2D eigenvalue weighted by Gasteiger charge is 2.34. The lowest BCUT2D eigenvalue weighted by Gasteiger charge is -2.17. The fraction of sp³-hybridized carbons (Fsp3) is 0.438. The molecule has 1 saturated heterocycles. The molecule has 5 nitrogen and oxygen atoms in total. The van der Waals surface area contributed by atoms with Crippen LogP contribution in [-0.2, 0) is 17.6 Å². The molecular weight excluding hydrogens is 266 g/mol. The molecule has 0 N–H and O–H groups in total. The Bertz CT molecular complexity index is 707. The molecule has 1 unspecified atom stereocenters. The van der Waals surface area contributed by atoms with Crippen LogP contribution in [0.5, 0.6) is 0 Å². The van der Waals surface area contributed by atoms with E-state index in [1.807, 2.05) is 4.90 Å². The molecule has 0 bridgehead atoms. The number of hydrogen-bond acceptors (Lipinski definition) is 4. The Labute approximate surface area is 123 Å². The highest BCUT2D eigenvalue weighted by molar-refractivity contribution is 5.96. The Hall–Kier alpha value is -2.17. The van der Waals surface area contributed by atoms with Crippen LogP contribution in [0.4, 0.5) is 5.69 Å². The number of carbonyl (C=O) groups excluding carboxylic acids is 1. The van der Waals surface area contributed by atoms with Crippen LogP contribution >= 0.6 is 0 Å². The van der Waals surface area contributed by atoms with Crippen molar-refractivity contribution in [2.45, 2.75) is 38.5 Å². The zero-order valence-corrected chi connectivity index (χ0v) is 12.0. The monoisotopic (exact) mass is 283 g/mol. The van der Waals surface area contributed by atoms with Gasteiger partial charge in [0.25, 0.3) is 0 Å². The van der Waals surface area contributed by atoms with E-state index in [1.54, 1.807) is 6.92 Å². The first-order valence-electron chi connectivity index (χ1n) is 7.43. The van der Waals surface area contributed by atoms with E-state index in [2.05, 4.69) is 28.3 Å². The maximum atomic E-state index is 12.3. The summed E-state index contributed by atoms with van der Waals surface area (Å²) < 4.78 is 5.02. The van der Waals surface area contributed by atoms with Crippen molar-refractivity contribution in [3.05, 3.63) is 41.0 Å². The van der Waals surface area contributed by atoms with Crippen LogP contribution in [0, 0.1) is 6.92 Å². The van der Waals surface area contributed by atoms with Crippen molar-refractivity contribution in [3.63, 3.8) is 0 Å². The number of fused-ring (bicyclic) bond motifs is 1. The van der Waals surface area contributed by atoms with Gasteiger partial charge in [-0.1, -0.05) is 11.2 Å². The normalized spacial score (nSPS) is 21.1. The van der Waals surface area contributed by atoms with Crippen molar-refractivity contribution in [3.8, 4) is 0 Å². The molecule has 1 atom stereocenters. The molecule has 21 heavy (non-hydrogen) atoms. The number of aromatic nitrogens is 2. The largest absolute Gasteiger partial charge is 0.340 e. The first-order chi connectivity index (χ1) is 10.2. The maximum Gasteiger partial charge on any atom is 0.227 e. The van der Waals surface area contributed by atoms with E-state index in [9.17, 15) is 4.79 Å².